The molecule has 0 fully saturated rings. The fraction of sp³-hybridized carbons (Fsp3) is 0.296. The van der Waals surface area contributed by atoms with Gasteiger partial charge in [0, 0.05) is 71.0 Å². The van der Waals surface area contributed by atoms with Gasteiger partial charge in [-0.15, -0.1) is 0 Å². The summed E-state index contributed by atoms with van der Waals surface area (Å²) in [5.41, 5.74) is 12.1. The van der Waals surface area contributed by atoms with Gasteiger partial charge >= 0.3 is 12.2 Å². The van der Waals surface area contributed by atoms with Crippen molar-refractivity contribution in [3.05, 3.63) is 163 Å². The van der Waals surface area contributed by atoms with Gasteiger partial charge in [0.05, 0.1) is 22.5 Å². The van der Waals surface area contributed by atoms with Gasteiger partial charge < -0.3 is 30.7 Å². The van der Waals surface area contributed by atoms with Crippen LogP contribution >= 0.6 is 31.9 Å². The monoisotopic (exact) mass is 1100 g/mol. The molecule has 0 saturated carbocycles. The lowest BCUT2D eigenvalue weighted by Gasteiger charge is -2.27. The van der Waals surface area contributed by atoms with Crippen LogP contribution in [0.25, 0.3) is 56.3 Å². The largest absolute Gasteiger partial charge is 0.444 e. The molecule has 16 nitrogen and oxygen atoms in total. The Balaban J connectivity index is 0.000000227. The zero-order valence-corrected chi connectivity index (χ0v) is 44.4. The van der Waals surface area contributed by atoms with Crippen molar-refractivity contribution < 1.29 is 19.1 Å². The number of aromatic nitrogens is 6. The predicted octanol–water partition coefficient (Wildman–Crippen LogP) is 10.3. The Morgan fingerprint density at radius 1 is 0.625 bits per heavy atom. The summed E-state index contributed by atoms with van der Waals surface area (Å²) in [6, 6.07) is 31.2. The Morgan fingerprint density at radius 2 is 1.08 bits per heavy atom. The number of carbonyl (C=O) groups is 2. The van der Waals surface area contributed by atoms with E-state index in [1.807, 2.05) is 141 Å². The Kier molecular flexibility index (Phi) is 17.3. The first kappa shape index (κ1) is 53.0. The average molecular weight is 1100 g/mol. The summed E-state index contributed by atoms with van der Waals surface area (Å²) in [4.78, 5) is 67.0. The maximum Gasteiger partial charge on any atom is 0.410 e. The molecular weight excluding hydrogens is 1040 g/mol. The number of nitrogens with one attached hydrogen (secondary N) is 4. The number of benzene rings is 4. The molecule has 4 aromatic carbocycles. The highest BCUT2D eigenvalue weighted by Gasteiger charge is 2.23. The highest BCUT2D eigenvalue weighted by Crippen LogP contribution is 2.25. The van der Waals surface area contributed by atoms with E-state index in [0.29, 0.717) is 55.3 Å². The molecule has 0 aliphatic carbocycles. The summed E-state index contributed by atoms with van der Waals surface area (Å²) in [5.74, 6) is 0.981. The smallest absolute Gasteiger partial charge is 0.410 e. The summed E-state index contributed by atoms with van der Waals surface area (Å²) in [6.07, 6.45) is 7.93. The number of carbonyl (C=O) groups excluding carboxylic acids is 2. The summed E-state index contributed by atoms with van der Waals surface area (Å²) in [5, 5.41) is 6.08. The van der Waals surface area contributed by atoms with E-state index in [0.717, 1.165) is 67.7 Å². The standard InChI is InChI=1S/C32H38BrN5O5.C22H22BrN5O/c1-31(2,3)42-29(40)34-16-7-17-37(30(41)43-32(4,5)6)18-21-8-10-22(11-9-21)25-19-38-20-26(35-28(38)36-27(25)39)23-12-14-24(33)15-13-23;23-18-8-6-17(7-9-18)20-14-28-13-19(21(29)27-22(28)26-20)16-4-2-15(3-5-16)12-25-11-1-10-24/h8-15,19-20H,7,16-18H2,1-6H3,(H,34,40)(H,35,36,39);2-9,13-14,25H,1,10-12,24H2,(H,26,27,29). The van der Waals surface area contributed by atoms with Crippen molar-refractivity contribution in [2.75, 3.05) is 26.2 Å². The number of ether oxygens (including phenoxy) is 2. The molecule has 4 heterocycles. The predicted molar refractivity (Wildman–Crippen MR) is 290 cm³/mol. The van der Waals surface area contributed by atoms with Crippen molar-refractivity contribution in [1.82, 2.24) is 44.3 Å². The molecule has 4 aromatic heterocycles. The van der Waals surface area contributed by atoms with Crippen LogP contribution in [0.5, 0.6) is 0 Å². The maximum atomic E-state index is 13.0. The van der Waals surface area contributed by atoms with E-state index >= 15 is 0 Å². The van der Waals surface area contributed by atoms with Crippen molar-refractivity contribution in [3.63, 3.8) is 0 Å². The molecule has 0 radical (unpaired) electrons. The fourth-order valence-corrected chi connectivity index (χ4v) is 7.97. The number of imidazole rings is 2. The molecule has 376 valence electrons. The molecule has 0 atom stereocenters. The highest BCUT2D eigenvalue weighted by molar-refractivity contribution is 9.10. The van der Waals surface area contributed by atoms with Crippen LogP contribution in [-0.4, -0.2) is 83.2 Å². The second-order valence-electron chi connectivity index (χ2n) is 19.1. The van der Waals surface area contributed by atoms with Crippen molar-refractivity contribution in [1.29, 1.82) is 0 Å². The van der Waals surface area contributed by atoms with E-state index < -0.39 is 23.4 Å². The number of alkyl carbamates (subject to hydrolysis) is 1. The van der Waals surface area contributed by atoms with Gasteiger partial charge in [0.1, 0.15) is 11.2 Å². The van der Waals surface area contributed by atoms with Gasteiger partial charge in [-0.25, -0.2) is 19.6 Å². The number of rotatable bonds is 15. The number of aromatic amines is 2. The van der Waals surface area contributed by atoms with Crippen molar-refractivity contribution in [2.24, 2.45) is 5.73 Å². The molecule has 18 heteroatoms. The number of halogens is 2. The van der Waals surface area contributed by atoms with Crippen LogP contribution in [-0.2, 0) is 22.6 Å². The van der Waals surface area contributed by atoms with E-state index in [1.54, 1.807) is 36.3 Å². The zero-order valence-electron chi connectivity index (χ0n) is 41.2. The van der Waals surface area contributed by atoms with Gasteiger partial charge in [-0.3, -0.25) is 28.4 Å². The van der Waals surface area contributed by atoms with E-state index in [2.05, 4.69) is 62.4 Å². The zero-order chi connectivity index (χ0) is 51.6. The molecule has 0 bridgehead atoms. The van der Waals surface area contributed by atoms with Crippen LogP contribution in [0.1, 0.15) is 65.5 Å². The molecular formula is C54H60Br2N10O6. The molecule has 0 unspecified atom stereocenters. The Labute approximate surface area is 434 Å². The summed E-state index contributed by atoms with van der Waals surface area (Å²) < 4.78 is 16.5. The normalized spacial score (nSPS) is 11.6. The van der Waals surface area contributed by atoms with Crippen molar-refractivity contribution in [3.8, 4) is 44.8 Å². The Bertz CT molecular complexity index is 3230. The van der Waals surface area contributed by atoms with Gasteiger partial charge in [-0.2, -0.15) is 0 Å². The lowest BCUT2D eigenvalue weighted by Crippen LogP contribution is -2.38. The minimum absolute atomic E-state index is 0.153. The second kappa shape index (κ2) is 23.6. The number of nitrogens with zero attached hydrogens (tertiary/aromatic N) is 5. The van der Waals surface area contributed by atoms with E-state index in [1.165, 1.54) is 5.56 Å². The van der Waals surface area contributed by atoms with E-state index in [9.17, 15) is 19.2 Å². The Hall–Kier alpha value is -6.86. The molecule has 0 spiro atoms. The highest BCUT2D eigenvalue weighted by atomic mass is 79.9. The maximum absolute atomic E-state index is 13.0. The first-order chi connectivity index (χ1) is 34.3. The van der Waals surface area contributed by atoms with Crippen molar-refractivity contribution in [2.45, 2.75) is 78.7 Å². The topological polar surface area (TPSA) is 206 Å². The van der Waals surface area contributed by atoms with Crippen LogP contribution in [0.2, 0.25) is 0 Å². The molecule has 6 N–H and O–H groups in total. The SMILES string of the molecule is CC(C)(C)OC(=O)NCCCN(Cc1ccc(-c2cn3cc(-c4ccc(Br)cc4)nc3[nH]c2=O)cc1)C(=O)OC(C)(C)C.NCCCNCc1ccc(-c2cn3cc(-c4ccc(Br)cc4)nc3[nH]c2=O)cc1. The van der Waals surface area contributed by atoms with E-state index in [4.69, 9.17) is 15.2 Å². The summed E-state index contributed by atoms with van der Waals surface area (Å²) in [7, 11) is 0. The van der Waals surface area contributed by atoms with Gasteiger partial charge in [-0.05, 0) is 114 Å². The number of hydrogen-bond donors (Lipinski definition) is 5. The third-order valence-electron chi connectivity index (χ3n) is 10.9. The van der Waals surface area contributed by atoms with Crippen molar-refractivity contribution >= 4 is 55.6 Å². The number of amides is 2. The minimum Gasteiger partial charge on any atom is -0.444 e. The van der Waals surface area contributed by atoms with Gasteiger partial charge in [0.15, 0.2) is 0 Å². The summed E-state index contributed by atoms with van der Waals surface area (Å²) in [6.45, 7) is 14.2. The molecule has 8 rings (SSSR count). The molecule has 0 aliphatic heterocycles. The second-order valence-corrected chi connectivity index (χ2v) is 20.9. The Morgan fingerprint density at radius 3 is 1.54 bits per heavy atom. The van der Waals surface area contributed by atoms with Crippen LogP contribution in [0, 0.1) is 0 Å². The van der Waals surface area contributed by atoms with Crippen LogP contribution in [0.3, 0.4) is 0 Å². The first-order valence-corrected chi connectivity index (χ1v) is 25.2. The minimum atomic E-state index is -0.655. The summed E-state index contributed by atoms with van der Waals surface area (Å²) >= 11 is 6.89. The van der Waals surface area contributed by atoms with E-state index in [-0.39, 0.29) is 11.1 Å². The first-order valence-electron chi connectivity index (χ1n) is 23.6. The van der Waals surface area contributed by atoms with Crippen LogP contribution < -0.4 is 27.5 Å². The number of hydrogen-bond acceptors (Lipinski definition) is 10. The molecule has 72 heavy (non-hydrogen) atoms. The third-order valence-corrected chi connectivity index (χ3v) is 12.0. The fourth-order valence-electron chi connectivity index (χ4n) is 7.44. The van der Waals surface area contributed by atoms with Gasteiger partial charge in [0.2, 0.25) is 11.6 Å². The molecule has 2 amide bonds. The number of nitrogens with two attached hydrogens (primary N) is 1. The molecule has 8 aromatic rings. The van der Waals surface area contributed by atoms with Crippen LogP contribution in [0.15, 0.2) is 140 Å². The molecule has 0 saturated heterocycles. The quantitative estimate of drug-likeness (QED) is 0.0614. The van der Waals surface area contributed by atoms with Crippen LogP contribution in [0.4, 0.5) is 9.59 Å². The number of H-pyrrole nitrogens is 2. The number of fused-ring (bicyclic) bond motifs is 2. The van der Waals surface area contributed by atoms with Gasteiger partial charge in [-0.1, -0.05) is 105 Å². The lowest BCUT2D eigenvalue weighted by atomic mass is 10.1. The average Bonchev–Trinajstić information content (AvgIpc) is 3.94. The van der Waals surface area contributed by atoms with Gasteiger partial charge in [0.25, 0.3) is 11.1 Å². The molecule has 0 aliphatic rings. The lowest BCUT2D eigenvalue weighted by molar-refractivity contribution is 0.0231. The third kappa shape index (κ3) is 14.8.